The second-order valence-corrected chi connectivity index (χ2v) is 22.4. The first-order valence-corrected chi connectivity index (χ1v) is 29.3. The third kappa shape index (κ3) is 7.31. The van der Waals surface area contributed by atoms with E-state index in [1.165, 1.54) is 49.0 Å². The Bertz CT molecular complexity index is 5410. The summed E-state index contributed by atoms with van der Waals surface area (Å²) in [4.78, 5) is 0. The van der Waals surface area contributed by atoms with Crippen LogP contribution in [0.5, 0.6) is 0 Å². The Hall–Kier alpha value is -11.7. The lowest BCUT2D eigenvalue weighted by Gasteiger charge is -2.24. The Morgan fingerprint density at radius 2 is 0.512 bits per heavy atom. The molecule has 0 spiro atoms. The van der Waals surface area contributed by atoms with Crippen LogP contribution in [0, 0.1) is 22.7 Å². The van der Waals surface area contributed by atoms with Crippen LogP contribution in [0.15, 0.2) is 273 Å². The van der Waals surface area contributed by atoms with Gasteiger partial charge in [-0.1, -0.05) is 188 Å². The molecule has 0 radical (unpaired) electrons. The molecule has 16 aromatic rings. The van der Waals surface area contributed by atoms with Gasteiger partial charge in [-0.05, 0) is 126 Å². The number of fused-ring (bicyclic) bond motifs is 12. The Balaban J connectivity index is 0.923. The van der Waals surface area contributed by atoms with Crippen molar-refractivity contribution in [2.24, 2.45) is 0 Å². The van der Waals surface area contributed by atoms with E-state index in [-0.39, 0.29) is 0 Å². The first kappa shape index (κ1) is 49.0. The van der Waals surface area contributed by atoms with Gasteiger partial charge >= 0.3 is 0 Å². The second kappa shape index (κ2) is 19.5. The molecule has 0 saturated carbocycles. The molecule has 12 aromatic carbocycles. The van der Waals surface area contributed by atoms with E-state index >= 15 is 0 Å². The van der Waals surface area contributed by atoms with E-state index in [1.54, 1.807) is 0 Å². The predicted molar refractivity (Wildman–Crippen MR) is 355 cm³/mol. The molecule has 1 aliphatic carbocycles. The van der Waals surface area contributed by atoms with Crippen molar-refractivity contribution in [3.05, 3.63) is 295 Å². The molecule has 1 aliphatic rings. The number of hydrogen-bond acceptors (Lipinski definition) is 2. The van der Waals surface area contributed by atoms with Crippen LogP contribution in [0.1, 0.15) is 28.8 Å². The van der Waals surface area contributed by atoms with Crippen LogP contribution in [-0.4, -0.2) is 18.3 Å². The van der Waals surface area contributed by atoms with Gasteiger partial charge in [0.15, 0.2) is 0 Å². The number of nitriles is 2. The smallest absolute Gasteiger partial charge is 0.100 e. The Morgan fingerprint density at radius 3 is 0.791 bits per heavy atom. The average Bonchev–Trinajstić information content (AvgIpc) is 1.31. The van der Waals surface area contributed by atoms with Crippen molar-refractivity contribution in [1.29, 1.82) is 10.5 Å². The van der Waals surface area contributed by atoms with Gasteiger partial charge < -0.3 is 18.3 Å². The summed E-state index contributed by atoms with van der Waals surface area (Å²) in [5, 5.41) is 32.7. The van der Waals surface area contributed by atoms with Crippen LogP contribution >= 0.6 is 0 Å². The lowest BCUT2D eigenvalue weighted by atomic mass is 9.78. The van der Waals surface area contributed by atoms with Gasteiger partial charge in [-0.15, -0.1) is 0 Å². The largest absolute Gasteiger partial charge is 0.313 e. The van der Waals surface area contributed by atoms with Gasteiger partial charge in [0.2, 0.25) is 0 Å². The van der Waals surface area contributed by atoms with Crippen LogP contribution in [0.2, 0.25) is 0 Å². The summed E-state index contributed by atoms with van der Waals surface area (Å²) < 4.78 is 9.34. The highest BCUT2D eigenvalue weighted by molar-refractivity contribution is 6.12. The van der Waals surface area contributed by atoms with Crippen molar-refractivity contribution in [2.45, 2.75) is 12.8 Å². The van der Waals surface area contributed by atoms with Crippen LogP contribution in [0.25, 0.3) is 150 Å². The number of nitrogens with zero attached hydrogens (tertiary/aromatic N) is 6. The van der Waals surface area contributed by atoms with Crippen LogP contribution in [-0.2, 0) is 6.42 Å². The van der Waals surface area contributed by atoms with Gasteiger partial charge in [-0.3, -0.25) is 0 Å². The second-order valence-electron chi connectivity index (χ2n) is 22.4. The summed E-state index contributed by atoms with van der Waals surface area (Å²) in [6, 6.07) is 100.0. The first-order chi connectivity index (χ1) is 42.6. The normalized spacial score (nSPS) is 12.3. The Labute approximate surface area is 496 Å². The van der Waals surface area contributed by atoms with Crippen molar-refractivity contribution in [1.82, 2.24) is 18.3 Å². The fourth-order valence-electron chi connectivity index (χ4n) is 14.3. The zero-order chi connectivity index (χ0) is 57.0. The number of aromatic nitrogens is 4. The molecule has 0 fully saturated rings. The number of hydrogen-bond donors (Lipinski definition) is 0. The van der Waals surface area contributed by atoms with Crippen molar-refractivity contribution < 1.29 is 0 Å². The molecule has 0 saturated heterocycles. The number of benzene rings is 12. The molecule has 4 heterocycles. The fraction of sp³-hybridized carbons (Fsp3) is 0.0250. The van der Waals surface area contributed by atoms with Crippen molar-refractivity contribution in [3.63, 3.8) is 0 Å². The monoisotopic (exact) mass is 1090 g/mol. The van der Waals surface area contributed by atoms with Gasteiger partial charge in [-0.25, -0.2) is 0 Å². The van der Waals surface area contributed by atoms with E-state index in [4.69, 9.17) is 0 Å². The minimum atomic E-state index is 0.482. The number of allylic oxidation sites excluding steroid dienone is 1. The molecular formula is C80H50N6. The van der Waals surface area contributed by atoms with Crippen molar-refractivity contribution >= 4 is 82.4 Å². The van der Waals surface area contributed by atoms with E-state index in [0.717, 1.165) is 96.5 Å². The third-order valence-corrected chi connectivity index (χ3v) is 18.0. The highest BCUT2D eigenvalue weighted by Crippen LogP contribution is 2.50. The highest BCUT2D eigenvalue weighted by atomic mass is 15.0. The van der Waals surface area contributed by atoms with E-state index < -0.39 is 0 Å². The molecule has 0 unspecified atom stereocenters. The zero-order valence-electron chi connectivity index (χ0n) is 46.7. The molecule has 86 heavy (non-hydrogen) atoms. The standard InChI is InChI=1S/C80H50N6/c81-49-67-77(51-33-41-55(42-34-51)83-69-25-9-1-17-59(69)60-18-2-10-26-70(60)83)78(52-35-43-56(44-36-52)84-71-27-11-3-19-61(71)62-20-4-12-28-72(62)84)68(50-82)80(54-39-47-58(48-40-54)86-75-31-15-7-23-65(75)66-24-8-16-32-76(66)86)79(67)53-37-45-57(46-38-53)85-73-29-13-5-21-63(73)64-22-6-14-30-74(64)85/h1-15,17-31,33-48H,16,32H2. The van der Waals surface area contributed by atoms with Gasteiger partial charge in [-0.2, -0.15) is 10.5 Å². The average molecular weight is 1100 g/mol. The van der Waals surface area contributed by atoms with E-state index in [9.17, 15) is 10.5 Å². The minimum Gasteiger partial charge on any atom is -0.313 e. The SMILES string of the molecule is N#Cc1c(-c2ccc(-n3c4c(c5ccccc53)C=CCC4)cc2)c(-c2ccc(-n3c4ccccc4c4ccccc43)cc2)c(C#N)c(-c2ccc(-n3c4ccccc4c4ccccc43)cc2)c1-c1ccc(-n2c3ccccc3c3ccccc32)cc1. The molecule has 4 aromatic heterocycles. The number of rotatable bonds is 8. The highest BCUT2D eigenvalue weighted by Gasteiger charge is 2.29. The summed E-state index contributed by atoms with van der Waals surface area (Å²) in [6.45, 7) is 0. The summed E-state index contributed by atoms with van der Waals surface area (Å²) in [5.74, 6) is 0. The summed E-state index contributed by atoms with van der Waals surface area (Å²) in [7, 11) is 0. The molecule has 0 amide bonds. The van der Waals surface area contributed by atoms with Crippen LogP contribution < -0.4 is 0 Å². The number of para-hydroxylation sites is 7. The first-order valence-electron chi connectivity index (χ1n) is 29.3. The topological polar surface area (TPSA) is 67.3 Å². The van der Waals surface area contributed by atoms with Crippen LogP contribution in [0.4, 0.5) is 0 Å². The Morgan fingerprint density at radius 1 is 0.267 bits per heavy atom. The van der Waals surface area contributed by atoms with Crippen molar-refractivity contribution in [2.75, 3.05) is 0 Å². The molecule has 0 aliphatic heterocycles. The molecule has 0 bridgehead atoms. The van der Waals surface area contributed by atoms with Gasteiger partial charge in [0, 0.05) is 94.0 Å². The van der Waals surface area contributed by atoms with Crippen LogP contribution in [0.3, 0.4) is 0 Å². The zero-order valence-corrected chi connectivity index (χ0v) is 46.7. The molecule has 0 N–H and O–H groups in total. The molecular weight excluding hydrogens is 1040 g/mol. The van der Waals surface area contributed by atoms with Crippen molar-refractivity contribution in [3.8, 4) is 79.4 Å². The lowest BCUT2D eigenvalue weighted by Crippen LogP contribution is -2.04. The maximum absolute atomic E-state index is 12.2. The van der Waals surface area contributed by atoms with Gasteiger partial charge in [0.05, 0.1) is 49.7 Å². The van der Waals surface area contributed by atoms with Gasteiger partial charge in [0.25, 0.3) is 0 Å². The van der Waals surface area contributed by atoms with E-state index in [1.807, 2.05) is 0 Å². The molecule has 400 valence electrons. The third-order valence-electron chi connectivity index (χ3n) is 18.0. The van der Waals surface area contributed by atoms with E-state index in [0.29, 0.717) is 33.4 Å². The maximum Gasteiger partial charge on any atom is 0.100 e. The van der Waals surface area contributed by atoms with Gasteiger partial charge in [0.1, 0.15) is 12.1 Å². The maximum atomic E-state index is 12.2. The summed E-state index contributed by atoms with van der Waals surface area (Å²) >= 11 is 0. The Kier molecular flexibility index (Phi) is 11.1. The summed E-state index contributed by atoms with van der Waals surface area (Å²) in [6.07, 6.45) is 6.44. The van der Waals surface area contributed by atoms with E-state index in [2.05, 4.69) is 309 Å². The predicted octanol–water partition coefficient (Wildman–Crippen LogP) is 20.3. The summed E-state index contributed by atoms with van der Waals surface area (Å²) in [5.41, 5.74) is 21.5. The molecule has 6 nitrogen and oxygen atoms in total. The quantitative estimate of drug-likeness (QED) is 0.152. The minimum absolute atomic E-state index is 0.482. The molecule has 17 rings (SSSR count). The lowest BCUT2D eigenvalue weighted by molar-refractivity contribution is 0.888. The fourth-order valence-corrected chi connectivity index (χ4v) is 14.3. The molecule has 6 heteroatoms. The molecule has 0 atom stereocenters.